The minimum Gasteiger partial charge on any atom is -0.279 e. The maximum Gasteiger partial charge on any atom is 0.263 e. The topological polar surface area (TPSA) is 59.1 Å². The van der Waals surface area contributed by atoms with Gasteiger partial charge in [-0.1, -0.05) is 48.0 Å². The summed E-state index contributed by atoms with van der Waals surface area (Å²) >= 11 is 5.67. The van der Waals surface area contributed by atoms with Crippen LogP contribution in [-0.2, 0) is 10.0 Å². The average molecular weight is 319 g/mol. The maximum absolute atomic E-state index is 12.4. The summed E-state index contributed by atoms with van der Waals surface area (Å²) in [5.74, 6) is 0. The Morgan fingerprint density at radius 2 is 1.71 bits per heavy atom. The molecule has 3 rings (SSSR count). The molecule has 2 aromatic carbocycles. The number of nitrogens with zero attached hydrogens (tertiary/aromatic N) is 1. The van der Waals surface area contributed by atoms with E-state index in [1.165, 1.54) is 18.3 Å². The molecule has 0 atom stereocenters. The number of fused-ring (bicyclic) bond motifs is 1. The van der Waals surface area contributed by atoms with Gasteiger partial charge in [0.15, 0.2) is 0 Å². The molecule has 0 aliphatic rings. The third kappa shape index (κ3) is 2.84. The highest BCUT2D eigenvalue weighted by Crippen LogP contribution is 2.25. The summed E-state index contributed by atoms with van der Waals surface area (Å²) in [6.07, 6.45) is 1.23. The van der Waals surface area contributed by atoms with Crippen molar-refractivity contribution in [3.05, 3.63) is 65.9 Å². The number of rotatable bonds is 3. The van der Waals surface area contributed by atoms with Crippen molar-refractivity contribution in [3.63, 3.8) is 0 Å². The first-order chi connectivity index (χ1) is 10.1. The standard InChI is InChI=1S/C15H11ClN2O2S/c16-15-9-8-12(10-17-15)21(19,20)18-14-7-3-5-11-4-1-2-6-13(11)14/h1-10,18H. The van der Waals surface area contributed by atoms with Crippen LogP contribution in [0.3, 0.4) is 0 Å². The first-order valence-corrected chi connectivity index (χ1v) is 8.04. The van der Waals surface area contributed by atoms with Crippen LogP contribution in [0.5, 0.6) is 0 Å². The van der Waals surface area contributed by atoms with Crippen molar-refractivity contribution in [1.29, 1.82) is 0 Å². The van der Waals surface area contributed by atoms with Crippen molar-refractivity contribution in [1.82, 2.24) is 4.98 Å². The summed E-state index contributed by atoms with van der Waals surface area (Å²) in [4.78, 5) is 3.86. The van der Waals surface area contributed by atoms with Crippen LogP contribution < -0.4 is 4.72 Å². The van der Waals surface area contributed by atoms with Crippen LogP contribution in [0.25, 0.3) is 10.8 Å². The molecule has 0 saturated heterocycles. The number of hydrogen-bond donors (Lipinski definition) is 1. The van der Waals surface area contributed by atoms with Crippen molar-refractivity contribution >= 4 is 38.1 Å². The fourth-order valence-corrected chi connectivity index (χ4v) is 3.18. The molecule has 0 amide bonds. The third-order valence-corrected chi connectivity index (χ3v) is 4.62. The number of nitrogens with one attached hydrogen (secondary N) is 1. The van der Waals surface area contributed by atoms with Gasteiger partial charge in [0.05, 0.1) is 5.69 Å². The lowest BCUT2D eigenvalue weighted by Crippen LogP contribution is -2.13. The van der Waals surface area contributed by atoms with Gasteiger partial charge in [-0.25, -0.2) is 13.4 Å². The van der Waals surface area contributed by atoms with E-state index in [4.69, 9.17) is 11.6 Å². The number of sulfonamides is 1. The Bertz CT molecular complexity index is 888. The minimum atomic E-state index is -3.69. The second-order valence-corrected chi connectivity index (χ2v) is 6.52. The molecule has 0 spiro atoms. The van der Waals surface area contributed by atoms with E-state index in [2.05, 4.69) is 9.71 Å². The maximum atomic E-state index is 12.4. The lowest BCUT2D eigenvalue weighted by atomic mass is 10.1. The average Bonchev–Trinajstić information content (AvgIpc) is 2.48. The van der Waals surface area contributed by atoms with Gasteiger partial charge in [-0.2, -0.15) is 0 Å². The van der Waals surface area contributed by atoms with Gasteiger partial charge in [0.2, 0.25) is 0 Å². The summed E-state index contributed by atoms with van der Waals surface area (Å²) in [6, 6.07) is 15.9. The van der Waals surface area contributed by atoms with Crippen LogP contribution in [0.1, 0.15) is 0 Å². The van der Waals surface area contributed by atoms with Crippen molar-refractivity contribution < 1.29 is 8.42 Å². The van der Waals surface area contributed by atoms with Gasteiger partial charge in [-0.15, -0.1) is 0 Å². The molecule has 1 aromatic heterocycles. The van der Waals surface area contributed by atoms with Crippen molar-refractivity contribution in [2.75, 3.05) is 4.72 Å². The molecule has 0 aliphatic heterocycles. The molecule has 1 heterocycles. The van der Waals surface area contributed by atoms with Gasteiger partial charge in [-0.05, 0) is 23.6 Å². The molecule has 0 unspecified atom stereocenters. The second-order valence-electron chi connectivity index (χ2n) is 4.45. The molecular formula is C15H11ClN2O2S. The van der Waals surface area contributed by atoms with Crippen LogP contribution >= 0.6 is 11.6 Å². The highest BCUT2D eigenvalue weighted by atomic mass is 35.5. The molecule has 0 bridgehead atoms. The molecule has 6 heteroatoms. The molecule has 0 fully saturated rings. The minimum absolute atomic E-state index is 0.0693. The van der Waals surface area contributed by atoms with Gasteiger partial charge >= 0.3 is 0 Å². The third-order valence-electron chi connectivity index (χ3n) is 3.04. The number of hydrogen-bond acceptors (Lipinski definition) is 3. The Morgan fingerprint density at radius 3 is 2.48 bits per heavy atom. The normalized spacial score (nSPS) is 11.5. The summed E-state index contributed by atoms with van der Waals surface area (Å²) < 4.78 is 27.3. The van der Waals surface area contributed by atoms with E-state index in [1.54, 1.807) is 12.1 Å². The van der Waals surface area contributed by atoms with Gasteiger partial charge < -0.3 is 0 Å². The van der Waals surface area contributed by atoms with Crippen LogP contribution in [-0.4, -0.2) is 13.4 Å². The predicted molar refractivity (Wildman–Crippen MR) is 84.0 cm³/mol. The van der Waals surface area contributed by atoms with Crippen LogP contribution in [0, 0.1) is 0 Å². The molecule has 0 saturated carbocycles. The van der Waals surface area contributed by atoms with E-state index in [0.717, 1.165) is 10.8 Å². The van der Waals surface area contributed by atoms with Crippen LogP contribution in [0.4, 0.5) is 5.69 Å². The quantitative estimate of drug-likeness (QED) is 0.749. The number of halogens is 1. The van der Waals surface area contributed by atoms with Crippen LogP contribution in [0.2, 0.25) is 5.15 Å². The molecule has 0 aliphatic carbocycles. The van der Waals surface area contributed by atoms with Gasteiger partial charge in [0, 0.05) is 11.6 Å². The zero-order chi connectivity index (χ0) is 14.9. The Hall–Kier alpha value is -2.11. The van der Waals surface area contributed by atoms with E-state index >= 15 is 0 Å². The van der Waals surface area contributed by atoms with Gasteiger partial charge in [0.1, 0.15) is 10.0 Å². The SMILES string of the molecule is O=S(=O)(Nc1cccc2ccccc12)c1ccc(Cl)nc1. The van der Waals surface area contributed by atoms with Crippen molar-refractivity contribution in [2.45, 2.75) is 4.90 Å². The summed E-state index contributed by atoms with van der Waals surface area (Å²) in [7, 11) is -3.69. The zero-order valence-electron chi connectivity index (χ0n) is 10.8. The number of aromatic nitrogens is 1. The second kappa shape index (κ2) is 5.35. The highest BCUT2D eigenvalue weighted by Gasteiger charge is 2.15. The first-order valence-electron chi connectivity index (χ1n) is 6.18. The molecule has 0 radical (unpaired) electrons. The molecule has 106 valence electrons. The molecule has 1 N–H and O–H groups in total. The number of anilines is 1. The smallest absolute Gasteiger partial charge is 0.263 e. The summed E-state index contributed by atoms with van der Waals surface area (Å²) in [5, 5.41) is 2.05. The van der Waals surface area contributed by atoms with Gasteiger partial charge in [0.25, 0.3) is 10.0 Å². The fraction of sp³-hybridized carbons (Fsp3) is 0. The Morgan fingerprint density at radius 1 is 0.952 bits per heavy atom. The summed E-state index contributed by atoms with van der Waals surface area (Å²) in [5.41, 5.74) is 0.531. The number of benzene rings is 2. The molecular weight excluding hydrogens is 308 g/mol. The molecule has 21 heavy (non-hydrogen) atoms. The Labute approximate surface area is 127 Å². The molecule has 4 nitrogen and oxygen atoms in total. The van der Waals surface area contributed by atoms with Crippen LogP contribution in [0.15, 0.2) is 65.7 Å². The van der Waals surface area contributed by atoms with E-state index in [9.17, 15) is 8.42 Å². The fourth-order valence-electron chi connectivity index (χ4n) is 2.04. The monoisotopic (exact) mass is 318 g/mol. The van der Waals surface area contributed by atoms with E-state index < -0.39 is 10.0 Å². The first kappa shape index (κ1) is 13.9. The Kier molecular flexibility index (Phi) is 3.53. The largest absolute Gasteiger partial charge is 0.279 e. The number of pyridine rings is 1. The zero-order valence-corrected chi connectivity index (χ0v) is 12.4. The summed E-state index contributed by atoms with van der Waals surface area (Å²) in [6.45, 7) is 0. The molecule has 3 aromatic rings. The van der Waals surface area contributed by atoms with E-state index in [0.29, 0.717) is 5.69 Å². The predicted octanol–water partition coefficient (Wildman–Crippen LogP) is 3.69. The van der Waals surface area contributed by atoms with E-state index in [1.807, 2.05) is 30.3 Å². The van der Waals surface area contributed by atoms with Crippen molar-refractivity contribution in [3.8, 4) is 0 Å². The van der Waals surface area contributed by atoms with Crippen molar-refractivity contribution in [2.24, 2.45) is 0 Å². The van der Waals surface area contributed by atoms with E-state index in [-0.39, 0.29) is 10.0 Å². The Balaban J connectivity index is 2.03. The highest BCUT2D eigenvalue weighted by molar-refractivity contribution is 7.92. The van der Waals surface area contributed by atoms with Gasteiger partial charge in [-0.3, -0.25) is 4.72 Å². The lowest BCUT2D eigenvalue weighted by molar-refractivity contribution is 0.601. The lowest BCUT2D eigenvalue weighted by Gasteiger charge is -2.10.